The van der Waals surface area contributed by atoms with E-state index in [2.05, 4.69) is 38.7 Å². The van der Waals surface area contributed by atoms with E-state index >= 15 is 0 Å². The maximum Gasteiger partial charge on any atom is 0.273 e. The van der Waals surface area contributed by atoms with Crippen molar-refractivity contribution in [2.75, 3.05) is 0 Å². The van der Waals surface area contributed by atoms with Gasteiger partial charge in [-0.3, -0.25) is 9.78 Å². The van der Waals surface area contributed by atoms with Crippen molar-refractivity contribution in [2.45, 2.75) is 32.2 Å². The van der Waals surface area contributed by atoms with Gasteiger partial charge in [-0.05, 0) is 72.7 Å². The Morgan fingerprint density at radius 1 is 1.00 bits per heavy atom. The molecule has 31 heavy (non-hydrogen) atoms. The number of hydrogen-bond donors (Lipinski definition) is 1. The topological polar surface area (TPSA) is 72.7 Å². The van der Waals surface area contributed by atoms with Gasteiger partial charge in [-0.15, -0.1) is 5.10 Å². The van der Waals surface area contributed by atoms with Crippen LogP contribution in [0.1, 0.15) is 33.7 Å². The molecule has 0 radical (unpaired) electrons. The number of amides is 1. The van der Waals surface area contributed by atoms with E-state index < -0.39 is 0 Å². The predicted molar refractivity (Wildman–Crippen MR) is 119 cm³/mol. The number of aromatic nitrogens is 4. The van der Waals surface area contributed by atoms with Gasteiger partial charge in [-0.25, -0.2) is 0 Å². The molecule has 1 amide bonds. The Balaban J connectivity index is 1.36. The van der Waals surface area contributed by atoms with Crippen LogP contribution in [0.4, 0.5) is 0 Å². The van der Waals surface area contributed by atoms with Crippen molar-refractivity contribution in [1.29, 1.82) is 0 Å². The molecule has 1 N–H and O–H groups in total. The van der Waals surface area contributed by atoms with E-state index in [4.69, 9.17) is 0 Å². The van der Waals surface area contributed by atoms with E-state index in [1.54, 1.807) is 0 Å². The smallest absolute Gasteiger partial charge is 0.273 e. The number of aryl methyl sites for hydroxylation is 2. The third-order valence-corrected chi connectivity index (χ3v) is 5.80. The van der Waals surface area contributed by atoms with Gasteiger partial charge in [0, 0.05) is 18.4 Å². The number of nitrogens with zero attached hydrogens (tertiary/aromatic N) is 4. The number of carbonyl (C=O) groups is 1. The molecule has 0 spiro atoms. The van der Waals surface area contributed by atoms with E-state index in [9.17, 15) is 4.79 Å². The highest BCUT2D eigenvalue weighted by atomic mass is 16.2. The van der Waals surface area contributed by atoms with Crippen molar-refractivity contribution in [1.82, 2.24) is 25.3 Å². The highest BCUT2D eigenvalue weighted by Gasteiger charge is 2.25. The summed E-state index contributed by atoms with van der Waals surface area (Å²) < 4.78 is 0. The van der Waals surface area contributed by atoms with Crippen LogP contribution in [0.5, 0.6) is 0 Å². The van der Waals surface area contributed by atoms with Crippen LogP contribution in [0.15, 0.2) is 73.1 Å². The molecule has 1 atom stereocenters. The summed E-state index contributed by atoms with van der Waals surface area (Å²) in [5.74, 6) is -0.172. The minimum absolute atomic E-state index is 0.0595. The van der Waals surface area contributed by atoms with E-state index in [-0.39, 0.29) is 11.9 Å². The SMILES string of the molecule is Cc1nn(-c2ccccc2)nc1C(=O)N[C@@H]1CCc2cccc(-c3ccncc3)c2C1. The highest BCUT2D eigenvalue weighted by Crippen LogP contribution is 2.31. The Hall–Kier alpha value is -3.80. The Labute approximate surface area is 181 Å². The lowest BCUT2D eigenvalue weighted by molar-refractivity contribution is 0.0927. The second-order valence-electron chi connectivity index (χ2n) is 7.85. The molecule has 154 valence electrons. The zero-order valence-electron chi connectivity index (χ0n) is 17.3. The first-order chi connectivity index (χ1) is 15.2. The van der Waals surface area contributed by atoms with Gasteiger partial charge < -0.3 is 5.32 Å². The monoisotopic (exact) mass is 409 g/mol. The normalized spacial score (nSPS) is 15.3. The zero-order valence-corrected chi connectivity index (χ0v) is 17.3. The Morgan fingerprint density at radius 2 is 1.81 bits per heavy atom. The Bertz CT molecular complexity index is 1220. The number of hydrogen-bond acceptors (Lipinski definition) is 4. The maximum atomic E-state index is 13.0. The second-order valence-corrected chi connectivity index (χ2v) is 7.85. The fourth-order valence-electron chi connectivity index (χ4n) is 4.23. The molecule has 0 bridgehead atoms. The molecule has 2 heterocycles. The molecular formula is C25H23N5O. The van der Waals surface area contributed by atoms with Crippen LogP contribution in [0, 0.1) is 6.92 Å². The van der Waals surface area contributed by atoms with E-state index in [1.165, 1.54) is 21.5 Å². The Kier molecular flexibility index (Phi) is 5.04. The number of benzene rings is 2. The summed E-state index contributed by atoms with van der Waals surface area (Å²) in [5.41, 5.74) is 6.84. The van der Waals surface area contributed by atoms with Crippen LogP contribution < -0.4 is 5.32 Å². The molecule has 2 aromatic carbocycles. The largest absolute Gasteiger partial charge is 0.348 e. The number of rotatable bonds is 4. The molecule has 0 aliphatic heterocycles. The van der Waals surface area contributed by atoms with Gasteiger partial charge in [0.25, 0.3) is 5.91 Å². The average molecular weight is 409 g/mol. The molecule has 1 aliphatic rings. The summed E-state index contributed by atoms with van der Waals surface area (Å²) in [6.07, 6.45) is 6.27. The Morgan fingerprint density at radius 3 is 2.61 bits per heavy atom. The molecule has 6 nitrogen and oxygen atoms in total. The van der Waals surface area contributed by atoms with E-state index in [0.29, 0.717) is 11.4 Å². The summed E-state index contributed by atoms with van der Waals surface area (Å²) >= 11 is 0. The minimum Gasteiger partial charge on any atom is -0.348 e. The van der Waals surface area contributed by atoms with Crippen molar-refractivity contribution in [3.05, 3.63) is 95.6 Å². The third-order valence-electron chi connectivity index (χ3n) is 5.80. The van der Waals surface area contributed by atoms with Gasteiger partial charge in [0.15, 0.2) is 5.69 Å². The molecule has 0 unspecified atom stereocenters. The molecule has 4 aromatic rings. The van der Waals surface area contributed by atoms with E-state index in [1.807, 2.05) is 61.8 Å². The summed E-state index contributed by atoms with van der Waals surface area (Å²) in [6, 6.07) is 20.2. The second kappa shape index (κ2) is 8.14. The van der Waals surface area contributed by atoms with Crippen molar-refractivity contribution >= 4 is 5.91 Å². The van der Waals surface area contributed by atoms with Crippen molar-refractivity contribution in [3.8, 4) is 16.8 Å². The fraction of sp³-hybridized carbons (Fsp3) is 0.200. The van der Waals surface area contributed by atoms with Crippen molar-refractivity contribution < 1.29 is 4.79 Å². The molecule has 1 aliphatic carbocycles. The van der Waals surface area contributed by atoms with Gasteiger partial charge in [0.05, 0.1) is 11.4 Å². The summed E-state index contributed by atoms with van der Waals surface area (Å²) in [7, 11) is 0. The molecule has 6 heteroatoms. The first-order valence-corrected chi connectivity index (χ1v) is 10.5. The standard InChI is InChI=1S/C25H23N5O/c1-17-24(29-30(28-17)21-7-3-2-4-8-21)25(31)27-20-11-10-18-6-5-9-22(23(18)16-20)19-12-14-26-15-13-19/h2-9,12-15,20H,10-11,16H2,1H3,(H,27,31)/t20-/m1/s1. The quantitative estimate of drug-likeness (QED) is 0.554. The highest BCUT2D eigenvalue weighted by molar-refractivity contribution is 5.93. The van der Waals surface area contributed by atoms with Crippen molar-refractivity contribution in [3.63, 3.8) is 0 Å². The maximum absolute atomic E-state index is 13.0. The number of fused-ring (bicyclic) bond motifs is 1. The summed E-state index contributed by atoms with van der Waals surface area (Å²) in [6.45, 7) is 1.82. The zero-order chi connectivity index (χ0) is 21.2. The van der Waals surface area contributed by atoms with Gasteiger partial charge in [-0.2, -0.15) is 9.90 Å². The van der Waals surface area contributed by atoms with Crippen LogP contribution in [-0.2, 0) is 12.8 Å². The van der Waals surface area contributed by atoms with Gasteiger partial charge in [0.2, 0.25) is 0 Å². The van der Waals surface area contributed by atoms with Gasteiger partial charge in [0.1, 0.15) is 0 Å². The minimum atomic E-state index is -0.172. The van der Waals surface area contributed by atoms with E-state index in [0.717, 1.165) is 30.5 Å². The lowest BCUT2D eigenvalue weighted by atomic mass is 9.83. The van der Waals surface area contributed by atoms with Gasteiger partial charge >= 0.3 is 0 Å². The first kappa shape index (κ1) is 19.2. The van der Waals surface area contributed by atoms with Crippen LogP contribution in [-0.4, -0.2) is 31.9 Å². The van der Waals surface area contributed by atoms with Crippen LogP contribution in [0.25, 0.3) is 16.8 Å². The summed E-state index contributed by atoms with van der Waals surface area (Å²) in [4.78, 5) is 18.7. The number of nitrogens with one attached hydrogen (secondary N) is 1. The molecule has 0 saturated heterocycles. The number of pyridine rings is 1. The lowest BCUT2D eigenvalue weighted by Gasteiger charge is -2.27. The lowest BCUT2D eigenvalue weighted by Crippen LogP contribution is -2.39. The molecule has 5 rings (SSSR count). The molecular weight excluding hydrogens is 386 g/mol. The number of para-hydroxylation sites is 1. The van der Waals surface area contributed by atoms with Crippen molar-refractivity contribution in [2.24, 2.45) is 0 Å². The van der Waals surface area contributed by atoms with Crippen LogP contribution in [0.3, 0.4) is 0 Å². The molecule has 2 aromatic heterocycles. The third kappa shape index (κ3) is 3.84. The molecule has 0 fully saturated rings. The van der Waals surface area contributed by atoms with Crippen LogP contribution >= 0.6 is 0 Å². The molecule has 0 saturated carbocycles. The fourth-order valence-corrected chi connectivity index (χ4v) is 4.23. The number of carbonyl (C=O) groups excluding carboxylic acids is 1. The predicted octanol–water partition coefficient (Wildman–Crippen LogP) is 3.93. The van der Waals surface area contributed by atoms with Gasteiger partial charge in [-0.1, -0.05) is 36.4 Å². The van der Waals surface area contributed by atoms with Crippen LogP contribution in [0.2, 0.25) is 0 Å². The summed E-state index contributed by atoms with van der Waals surface area (Å²) in [5, 5.41) is 12.1. The average Bonchev–Trinajstić information content (AvgIpc) is 3.21. The first-order valence-electron chi connectivity index (χ1n) is 10.5.